The molecule has 0 atom stereocenters. The highest BCUT2D eigenvalue weighted by Gasteiger charge is 2.37. The maximum atomic E-state index is 11.0. The average Bonchev–Trinajstić information content (AvgIpc) is 2.38. The summed E-state index contributed by atoms with van der Waals surface area (Å²) in [6.45, 7) is 8.23. The Labute approximate surface area is 123 Å². The van der Waals surface area contributed by atoms with Gasteiger partial charge in [0.2, 0.25) is 0 Å². The maximum absolute atomic E-state index is 11.0. The van der Waals surface area contributed by atoms with Crippen molar-refractivity contribution in [3.8, 4) is 0 Å². The number of hydrogen-bond donors (Lipinski definition) is 2. The molecule has 0 aliphatic heterocycles. The molecule has 0 heterocycles. The Hall–Kier alpha value is -0.610. The van der Waals surface area contributed by atoms with E-state index < -0.39 is 11.6 Å². The van der Waals surface area contributed by atoms with Gasteiger partial charge in [0.1, 0.15) is 0 Å². The zero-order valence-electron chi connectivity index (χ0n) is 13.3. The molecule has 0 saturated heterocycles. The molecule has 0 aromatic carbocycles. The second-order valence-electron chi connectivity index (χ2n) is 6.61. The van der Waals surface area contributed by atoms with Gasteiger partial charge < -0.3 is 10.2 Å². The Morgan fingerprint density at radius 3 is 2.35 bits per heavy atom. The molecule has 4 nitrogen and oxygen atoms in total. The fourth-order valence-corrected chi connectivity index (χ4v) is 3.02. The summed E-state index contributed by atoms with van der Waals surface area (Å²) in [7, 11) is 0. The molecule has 20 heavy (non-hydrogen) atoms. The van der Waals surface area contributed by atoms with Gasteiger partial charge in [0.15, 0.2) is 0 Å². The van der Waals surface area contributed by atoms with Crippen LogP contribution < -0.4 is 0 Å². The molecule has 2 N–H and O–H groups in total. The number of aliphatic carboxylic acids is 1. The van der Waals surface area contributed by atoms with Crippen molar-refractivity contribution in [1.82, 2.24) is 4.90 Å². The topological polar surface area (TPSA) is 60.8 Å². The molecule has 1 aliphatic carbocycles. The van der Waals surface area contributed by atoms with E-state index in [-0.39, 0.29) is 5.92 Å². The zero-order chi connectivity index (χ0) is 15.2. The lowest BCUT2D eigenvalue weighted by atomic mass is 9.78. The molecule has 0 radical (unpaired) electrons. The van der Waals surface area contributed by atoms with Gasteiger partial charge >= 0.3 is 5.97 Å². The molecular weight excluding hydrogens is 254 g/mol. The van der Waals surface area contributed by atoms with Crippen molar-refractivity contribution in [3.05, 3.63) is 0 Å². The molecule has 0 unspecified atom stereocenters. The van der Waals surface area contributed by atoms with Crippen molar-refractivity contribution < 1.29 is 15.0 Å². The Morgan fingerprint density at radius 1 is 1.30 bits per heavy atom. The summed E-state index contributed by atoms with van der Waals surface area (Å²) >= 11 is 0. The lowest BCUT2D eigenvalue weighted by Gasteiger charge is -2.40. The fourth-order valence-electron chi connectivity index (χ4n) is 3.02. The van der Waals surface area contributed by atoms with Gasteiger partial charge in [-0.15, -0.1) is 0 Å². The van der Waals surface area contributed by atoms with Gasteiger partial charge in [0.25, 0.3) is 0 Å². The molecule has 0 spiro atoms. The van der Waals surface area contributed by atoms with Gasteiger partial charge in [-0.25, -0.2) is 0 Å². The van der Waals surface area contributed by atoms with Crippen LogP contribution in [0.4, 0.5) is 0 Å². The number of hydrogen-bond acceptors (Lipinski definition) is 3. The predicted molar refractivity (Wildman–Crippen MR) is 80.8 cm³/mol. The summed E-state index contributed by atoms with van der Waals surface area (Å²) in [5.41, 5.74) is -0.692. The number of carboxylic acid groups (broad SMARTS) is 1. The summed E-state index contributed by atoms with van der Waals surface area (Å²) in [5.74, 6) is -0.974. The van der Waals surface area contributed by atoms with Gasteiger partial charge in [0.05, 0.1) is 11.5 Å². The van der Waals surface area contributed by atoms with Crippen molar-refractivity contribution >= 4 is 5.97 Å². The van der Waals surface area contributed by atoms with E-state index in [1.165, 1.54) is 19.3 Å². The van der Waals surface area contributed by atoms with Crippen LogP contribution >= 0.6 is 0 Å². The molecule has 0 aromatic rings. The molecule has 1 rings (SSSR count). The van der Waals surface area contributed by atoms with Gasteiger partial charge in [-0.05, 0) is 52.5 Å². The third kappa shape index (κ3) is 5.41. The van der Waals surface area contributed by atoms with E-state index in [1.54, 1.807) is 0 Å². The highest BCUT2D eigenvalue weighted by Crippen LogP contribution is 2.33. The largest absolute Gasteiger partial charge is 0.481 e. The van der Waals surface area contributed by atoms with Crippen molar-refractivity contribution in [2.45, 2.75) is 77.4 Å². The number of nitrogens with zero attached hydrogens (tertiary/aromatic N) is 1. The summed E-state index contributed by atoms with van der Waals surface area (Å²) in [4.78, 5) is 13.3. The van der Waals surface area contributed by atoms with E-state index in [4.69, 9.17) is 5.11 Å². The Bertz CT molecular complexity index is 296. The number of rotatable bonds is 8. The molecule has 1 fully saturated rings. The van der Waals surface area contributed by atoms with Gasteiger partial charge in [-0.1, -0.05) is 19.8 Å². The highest BCUT2D eigenvalue weighted by atomic mass is 16.4. The standard InChI is InChI=1S/C16H31NO3/c1-4-5-6-11-17(13(2)3)12-16(20)9-7-14(8-10-16)15(18)19/h13-14,20H,4-12H2,1-3H3,(H,18,19). The second kappa shape index (κ2) is 7.99. The number of aliphatic hydroxyl groups is 1. The Kier molecular flexibility index (Phi) is 6.96. The minimum atomic E-state index is -0.712. The van der Waals surface area contributed by atoms with E-state index in [1.807, 2.05) is 0 Å². The molecule has 1 saturated carbocycles. The lowest BCUT2D eigenvalue weighted by Crippen LogP contribution is -2.48. The number of carbonyl (C=O) groups is 1. The normalized spacial score (nSPS) is 27.2. The van der Waals surface area contributed by atoms with Crippen LogP contribution in [-0.4, -0.2) is 45.8 Å². The first kappa shape index (κ1) is 17.4. The molecule has 0 aromatic heterocycles. The molecular formula is C16H31NO3. The molecule has 4 heteroatoms. The third-order valence-corrected chi connectivity index (χ3v) is 4.54. The SMILES string of the molecule is CCCCCN(CC1(O)CCC(C(=O)O)CC1)C(C)C. The van der Waals surface area contributed by atoms with Crippen LogP contribution in [0.5, 0.6) is 0 Å². The molecule has 1 aliphatic rings. The first-order valence-corrected chi connectivity index (χ1v) is 8.07. The highest BCUT2D eigenvalue weighted by molar-refractivity contribution is 5.70. The summed E-state index contributed by atoms with van der Waals surface area (Å²) in [5, 5.41) is 19.7. The van der Waals surface area contributed by atoms with Crippen molar-refractivity contribution in [2.75, 3.05) is 13.1 Å². The van der Waals surface area contributed by atoms with E-state index in [0.717, 1.165) is 6.54 Å². The predicted octanol–water partition coefficient (Wildman–Crippen LogP) is 2.89. The van der Waals surface area contributed by atoms with Crippen LogP contribution in [-0.2, 0) is 4.79 Å². The molecule has 118 valence electrons. The van der Waals surface area contributed by atoms with Crippen LogP contribution in [0.3, 0.4) is 0 Å². The zero-order valence-corrected chi connectivity index (χ0v) is 13.3. The maximum Gasteiger partial charge on any atom is 0.306 e. The smallest absolute Gasteiger partial charge is 0.306 e. The van der Waals surface area contributed by atoms with Crippen LogP contribution in [0.15, 0.2) is 0 Å². The average molecular weight is 285 g/mol. The van der Waals surface area contributed by atoms with Gasteiger partial charge in [-0.2, -0.15) is 0 Å². The quantitative estimate of drug-likeness (QED) is 0.673. The summed E-state index contributed by atoms with van der Waals surface area (Å²) < 4.78 is 0. The minimum Gasteiger partial charge on any atom is -0.481 e. The second-order valence-corrected chi connectivity index (χ2v) is 6.61. The fraction of sp³-hybridized carbons (Fsp3) is 0.938. The van der Waals surface area contributed by atoms with Crippen molar-refractivity contribution in [2.24, 2.45) is 5.92 Å². The first-order chi connectivity index (χ1) is 9.38. The van der Waals surface area contributed by atoms with Gasteiger partial charge in [0, 0.05) is 12.6 Å². The Morgan fingerprint density at radius 2 is 1.90 bits per heavy atom. The molecule has 0 amide bonds. The van der Waals surface area contributed by atoms with Crippen LogP contribution in [0.25, 0.3) is 0 Å². The summed E-state index contributed by atoms with van der Waals surface area (Å²) in [6, 6.07) is 0.424. The van der Waals surface area contributed by atoms with Crippen LogP contribution in [0, 0.1) is 5.92 Å². The lowest BCUT2D eigenvalue weighted by molar-refractivity contribution is -0.145. The number of carboxylic acids is 1. The van der Waals surface area contributed by atoms with Crippen molar-refractivity contribution in [1.29, 1.82) is 0 Å². The van der Waals surface area contributed by atoms with Crippen molar-refractivity contribution in [3.63, 3.8) is 0 Å². The monoisotopic (exact) mass is 285 g/mol. The third-order valence-electron chi connectivity index (χ3n) is 4.54. The van der Waals surface area contributed by atoms with E-state index in [9.17, 15) is 9.90 Å². The van der Waals surface area contributed by atoms with E-state index in [0.29, 0.717) is 38.3 Å². The minimum absolute atomic E-state index is 0.261. The first-order valence-electron chi connectivity index (χ1n) is 8.07. The van der Waals surface area contributed by atoms with Crippen LogP contribution in [0.1, 0.15) is 65.7 Å². The number of unbranched alkanes of at least 4 members (excludes halogenated alkanes) is 2. The van der Waals surface area contributed by atoms with Gasteiger partial charge in [-0.3, -0.25) is 9.69 Å². The summed E-state index contributed by atoms with van der Waals surface area (Å²) in [6.07, 6.45) is 6.03. The van der Waals surface area contributed by atoms with E-state index >= 15 is 0 Å². The Balaban J connectivity index is 2.48. The van der Waals surface area contributed by atoms with E-state index in [2.05, 4.69) is 25.7 Å². The molecule has 0 bridgehead atoms. The van der Waals surface area contributed by atoms with Crippen LogP contribution in [0.2, 0.25) is 0 Å².